The molecule has 0 fully saturated rings. The monoisotopic (exact) mass is 292 g/mol. The van der Waals surface area contributed by atoms with Gasteiger partial charge in [0.2, 0.25) is 0 Å². The molecule has 0 aliphatic carbocycles. The summed E-state index contributed by atoms with van der Waals surface area (Å²) in [5.41, 5.74) is 1.32. The first-order chi connectivity index (χ1) is 10.2. The minimum Gasteiger partial charge on any atom is -0.466 e. The summed E-state index contributed by atoms with van der Waals surface area (Å²) in [6.07, 6.45) is 6.83. The van der Waals surface area contributed by atoms with Crippen LogP contribution < -0.4 is 0 Å². The Labute approximate surface area is 130 Å². The van der Waals surface area contributed by atoms with Crippen molar-refractivity contribution in [3.63, 3.8) is 0 Å². The number of carbonyl (C=O) groups is 1. The van der Waals surface area contributed by atoms with Crippen LogP contribution in [-0.2, 0) is 9.53 Å². The number of benzene rings is 1. The van der Waals surface area contributed by atoms with E-state index in [-0.39, 0.29) is 11.9 Å². The predicted octanol–water partition coefficient (Wildman–Crippen LogP) is 5.54. The van der Waals surface area contributed by atoms with Gasteiger partial charge in [-0.3, -0.25) is 4.79 Å². The Morgan fingerprint density at radius 2 is 1.71 bits per heavy atom. The van der Waals surface area contributed by atoms with E-state index in [1.165, 1.54) is 24.8 Å². The molecule has 0 spiro atoms. The normalized spacial score (nSPS) is 11.2. The van der Waals surface area contributed by atoms with Gasteiger partial charge in [-0.2, -0.15) is 0 Å². The number of unbranched alkanes of at least 4 members (excludes halogenated alkanes) is 3. The van der Waals surface area contributed by atoms with Gasteiger partial charge in [-0.05, 0) is 26.7 Å². The second-order valence-corrected chi connectivity index (χ2v) is 5.36. The average molecular weight is 292 g/mol. The van der Waals surface area contributed by atoms with Crippen molar-refractivity contribution in [2.45, 2.75) is 66.2 Å². The van der Waals surface area contributed by atoms with E-state index in [2.05, 4.69) is 32.9 Å². The number of hydrogen-bond acceptors (Lipinski definition) is 2. The highest BCUT2D eigenvalue weighted by Crippen LogP contribution is 2.15. The second-order valence-electron chi connectivity index (χ2n) is 5.36. The first-order valence-corrected chi connectivity index (χ1v) is 8.33. The summed E-state index contributed by atoms with van der Waals surface area (Å²) in [6, 6.07) is 10.3. The number of hydrogen-bond donors (Lipinski definition) is 0. The molecule has 2 nitrogen and oxygen atoms in total. The summed E-state index contributed by atoms with van der Waals surface area (Å²) in [6.45, 7) is 8.70. The van der Waals surface area contributed by atoms with Crippen molar-refractivity contribution in [3.8, 4) is 0 Å². The van der Waals surface area contributed by atoms with Crippen LogP contribution in [-0.4, -0.2) is 12.6 Å². The molecule has 1 aromatic carbocycles. The van der Waals surface area contributed by atoms with Gasteiger partial charge in [-0.25, -0.2) is 0 Å². The van der Waals surface area contributed by atoms with Gasteiger partial charge in [-0.15, -0.1) is 0 Å². The molecule has 0 aliphatic rings. The molecule has 0 heterocycles. The van der Waals surface area contributed by atoms with Crippen molar-refractivity contribution in [2.24, 2.45) is 5.92 Å². The van der Waals surface area contributed by atoms with Gasteiger partial charge in [-0.1, -0.05) is 75.4 Å². The fourth-order valence-electron chi connectivity index (χ4n) is 2.10. The van der Waals surface area contributed by atoms with Gasteiger partial charge in [0.05, 0.1) is 12.5 Å². The predicted molar refractivity (Wildman–Crippen MR) is 90.4 cm³/mol. The Bertz CT molecular complexity index is 346. The van der Waals surface area contributed by atoms with Crippen LogP contribution in [0.15, 0.2) is 30.3 Å². The summed E-state index contributed by atoms with van der Waals surface area (Å²) in [5, 5.41) is 0. The van der Waals surface area contributed by atoms with Gasteiger partial charge in [0, 0.05) is 0 Å². The van der Waals surface area contributed by atoms with E-state index in [0.717, 1.165) is 19.3 Å². The largest absolute Gasteiger partial charge is 0.466 e. The zero-order valence-electron chi connectivity index (χ0n) is 14.2. The molecule has 0 radical (unpaired) electrons. The highest BCUT2D eigenvalue weighted by atomic mass is 16.5. The van der Waals surface area contributed by atoms with Crippen LogP contribution >= 0.6 is 0 Å². The van der Waals surface area contributed by atoms with Gasteiger partial charge in [0.1, 0.15) is 0 Å². The average Bonchev–Trinajstić information content (AvgIpc) is 2.49. The maximum atomic E-state index is 11.4. The van der Waals surface area contributed by atoms with E-state index in [9.17, 15) is 4.79 Å². The maximum Gasteiger partial charge on any atom is 0.308 e. The van der Waals surface area contributed by atoms with Gasteiger partial charge in [0.25, 0.3) is 0 Å². The van der Waals surface area contributed by atoms with Gasteiger partial charge < -0.3 is 4.74 Å². The molecule has 1 aromatic rings. The summed E-state index contributed by atoms with van der Waals surface area (Å²) in [7, 11) is 0. The quantitative estimate of drug-likeness (QED) is 0.464. The highest BCUT2D eigenvalue weighted by Gasteiger charge is 2.16. The molecule has 0 amide bonds. The third-order valence-electron chi connectivity index (χ3n) is 3.46. The number of aryl methyl sites for hydroxylation is 1. The molecule has 1 unspecified atom stereocenters. The first-order valence-electron chi connectivity index (χ1n) is 8.33. The second kappa shape index (κ2) is 13.7. The summed E-state index contributed by atoms with van der Waals surface area (Å²) >= 11 is 0. The zero-order chi connectivity index (χ0) is 15.9. The minimum atomic E-state index is -0.00787. The molecule has 120 valence electrons. The van der Waals surface area contributed by atoms with Gasteiger partial charge in [0.15, 0.2) is 0 Å². The van der Waals surface area contributed by atoms with Crippen molar-refractivity contribution in [1.82, 2.24) is 0 Å². The lowest BCUT2D eigenvalue weighted by Gasteiger charge is -2.12. The van der Waals surface area contributed by atoms with Crippen LogP contribution in [0.1, 0.15) is 64.9 Å². The standard InChI is InChI=1S/C12H24O2.C7H8/c1-4-7-8-9-10-11(5-2)12(13)14-6-3;1-7-5-3-2-4-6-7/h11H,4-10H2,1-3H3;2-6H,1H3. The molecule has 2 heteroatoms. The third-order valence-corrected chi connectivity index (χ3v) is 3.46. The van der Waals surface area contributed by atoms with E-state index >= 15 is 0 Å². The smallest absolute Gasteiger partial charge is 0.308 e. The lowest BCUT2D eigenvalue weighted by Crippen LogP contribution is -2.16. The van der Waals surface area contributed by atoms with Gasteiger partial charge >= 0.3 is 5.97 Å². The fourth-order valence-corrected chi connectivity index (χ4v) is 2.10. The Morgan fingerprint density at radius 1 is 1.05 bits per heavy atom. The molecular weight excluding hydrogens is 260 g/mol. The molecular formula is C19H32O2. The van der Waals surface area contributed by atoms with Crippen LogP contribution in [0, 0.1) is 12.8 Å². The molecule has 0 saturated heterocycles. The van der Waals surface area contributed by atoms with Crippen molar-refractivity contribution in [2.75, 3.05) is 6.61 Å². The number of carbonyl (C=O) groups excluding carboxylic acids is 1. The Balaban J connectivity index is 0.000000471. The molecule has 0 bridgehead atoms. The van der Waals surface area contributed by atoms with Crippen LogP contribution in [0.2, 0.25) is 0 Å². The molecule has 0 saturated carbocycles. The zero-order valence-corrected chi connectivity index (χ0v) is 14.2. The summed E-state index contributed by atoms with van der Waals surface area (Å²) < 4.78 is 5.01. The number of ether oxygens (including phenoxy) is 1. The topological polar surface area (TPSA) is 26.3 Å². The molecule has 1 rings (SSSR count). The maximum absolute atomic E-state index is 11.4. The SMILES string of the molecule is CCCCCCC(CC)C(=O)OCC.Cc1ccccc1. The van der Waals surface area contributed by atoms with Crippen LogP contribution in [0.4, 0.5) is 0 Å². The van der Waals surface area contributed by atoms with Crippen molar-refractivity contribution in [1.29, 1.82) is 0 Å². The molecule has 21 heavy (non-hydrogen) atoms. The minimum absolute atomic E-state index is 0.00787. The van der Waals surface area contributed by atoms with Crippen molar-refractivity contribution in [3.05, 3.63) is 35.9 Å². The molecule has 0 aliphatic heterocycles. The lowest BCUT2D eigenvalue weighted by atomic mass is 9.98. The van der Waals surface area contributed by atoms with Crippen LogP contribution in [0.5, 0.6) is 0 Å². The van der Waals surface area contributed by atoms with Crippen LogP contribution in [0.25, 0.3) is 0 Å². The molecule has 0 N–H and O–H groups in total. The third kappa shape index (κ3) is 11.1. The van der Waals surface area contributed by atoms with E-state index in [0.29, 0.717) is 6.61 Å². The van der Waals surface area contributed by atoms with Crippen molar-refractivity contribution < 1.29 is 9.53 Å². The summed E-state index contributed by atoms with van der Waals surface area (Å²) in [5.74, 6) is 0.123. The number of esters is 1. The van der Waals surface area contributed by atoms with E-state index in [4.69, 9.17) is 4.74 Å². The van der Waals surface area contributed by atoms with E-state index in [1.807, 2.05) is 25.1 Å². The Hall–Kier alpha value is -1.31. The van der Waals surface area contributed by atoms with E-state index < -0.39 is 0 Å². The molecule has 0 aromatic heterocycles. The Morgan fingerprint density at radius 3 is 2.14 bits per heavy atom. The first kappa shape index (κ1) is 19.7. The Kier molecular flexibility index (Phi) is 12.8. The van der Waals surface area contributed by atoms with Crippen molar-refractivity contribution >= 4 is 5.97 Å². The van der Waals surface area contributed by atoms with Crippen LogP contribution in [0.3, 0.4) is 0 Å². The summed E-state index contributed by atoms with van der Waals surface area (Å²) in [4.78, 5) is 11.4. The number of rotatable bonds is 8. The van der Waals surface area contributed by atoms with E-state index in [1.54, 1.807) is 0 Å². The fraction of sp³-hybridized carbons (Fsp3) is 0.632. The highest BCUT2D eigenvalue weighted by molar-refractivity contribution is 5.72. The lowest BCUT2D eigenvalue weighted by molar-refractivity contribution is -0.148. The molecule has 1 atom stereocenters.